The summed E-state index contributed by atoms with van der Waals surface area (Å²) in [4.78, 5) is 0. The van der Waals surface area contributed by atoms with E-state index in [1.54, 1.807) is 0 Å². The number of epoxide rings is 1. The van der Waals surface area contributed by atoms with Gasteiger partial charge in [-0.25, -0.2) is 0 Å². The first-order chi connectivity index (χ1) is 6.83. The zero-order valence-corrected chi connectivity index (χ0v) is 8.22. The van der Waals surface area contributed by atoms with Gasteiger partial charge >= 0.3 is 0 Å². The monoisotopic (exact) mass is 206 g/mol. The molecule has 1 aliphatic rings. The molecule has 0 amide bonds. The molecule has 0 aromatic heterocycles. The smallest absolute Gasteiger partial charge is 0.0835 e. The number of hydrogen-bond acceptors (Lipinski definition) is 5. The van der Waals surface area contributed by atoms with Crippen molar-refractivity contribution in [3.8, 4) is 0 Å². The maximum atomic E-state index is 9.38. The Hall–Kier alpha value is -0.200. The van der Waals surface area contributed by atoms with Crippen molar-refractivity contribution < 1.29 is 24.4 Å². The molecule has 0 spiro atoms. The SMILES string of the molecule is OCCOCCOCC(O)CC1CO1. The zero-order chi connectivity index (χ0) is 10.2. The summed E-state index contributed by atoms with van der Waals surface area (Å²) in [7, 11) is 0. The summed E-state index contributed by atoms with van der Waals surface area (Å²) in [6.45, 7) is 2.35. The van der Waals surface area contributed by atoms with E-state index in [9.17, 15) is 5.11 Å². The second-order valence-corrected chi connectivity index (χ2v) is 3.26. The van der Waals surface area contributed by atoms with Crippen LogP contribution in [0.3, 0.4) is 0 Å². The molecule has 0 bridgehead atoms. The summed E-state index contributed by atoms with van der Waals surface area (Å²) in [6.07, 6.45) is 0.442. The minimum atomic E-state index is -0.444. The lowest BCUT2D eigenvalue weighted by molar-refractivity contribution is -0.00579. The fourth-order valence-electron chi connectivity index (χ4n) is 1.08. The Morgan fingerprint density at radius 3 is 2.64 bits per heavy atom. The van der Waals surface area contributed by atoms with Crippen LogP contribution in [0.25, 0.3) is 0 Å². The van der Waals surface area contributed by atoms with Crippen molar-refractivity contribution in [2.24, 2.45) is 0 Å². The molecule has 0 radical (unpaired) electrons. The van der Waals surface area contributed by atoms with Crippen LogP contribution in [0.15, 0.2) is 0 Å². The summed E-state index contributed by atoms with van der Waals surface area (Å²) >= 11 is 0. The minimum absolute atomic E-state index is 0.0294. The predicted molar refractivity (Wildman–Crippen MR) is 49.1 cm³/mol. The number of ether oxygens (including phenoxy) is 3. The van der Waals surface area contributed by atoms with Gasteiger partial charge in [0.1, 0.15) is 0 Å². The Balaban J connectivity index is 1.77. The maximum absolute atomic E-state index is 9.38. The van der Waals surface area contributed by atoms with Crippen molar-refractivity contribution in [1.82, 2.24) is 0 Å². The van der Waals surface area contributed by atoms with E-state index < -0.39 is 6.10 Å². The van der Waals surface area contributed by atoms with Gasteiger partial charge in [0.2, 0.25) is 0 Å². The number of rotatable bonds is 9. The molecule has 5 heteroatoms. The first-order valence-electron chi connectivity index (χ1n) is 4.89. The number of aliphatic hydroxyl groups is 2. The quantitative estimate of drug-likeness (QED) is 0.380. The van der Waals surface area contributed by atoms with Crippen LogP contribution in [0.4, 0.5) is 0 Å². The van der Waals surface area contributed by atoms with Gasteiger partial charge in [-0.15, -0.1) is 0 Å². The van der Waals surface area contributed by atoms with Crippen molar-refractivity contribution in [3.63, 3.8) is 0 Å². The van der Waals surface area contributed by atoms with Crippen LogP contribution in [-0.2, 0) is 14.2 Å². The van der Waals surface area contributed by atoms with Crippen molar-refractivity contribution in [3.05, 3.63) is 0 Å². The van der Waals surface area contributed by atoms with E-state index in [0.29, 0.717) is 32.8 Å². The van der Waals surface area contributed by atoms with Gasteiger partial charge in [0.25, 0.3) is 0 Å². The van der Waals surface area contributed by atoms with Gasteiger partial charge in [-0.1, -0.05) is 0 Å². The highest BCUT2D eigenvalue weighted by atomic mass is 16.6. The molecule has 0 aliphatic carbocycles. The van der Waals surface area contributed by atoms with Crippen molar-refractivity contribution >= 4 is 0 Å². The lowest BCUT2D eigenvalue weighted by Gasteiger charge is -2.09. The van der Waals surface area contributed by atoms with Crippen LogP contribution < -0.4 is 0 Å². The maximum Gasteiger partial charge on any atom is 0.0835 e. The Bertz CT molecular complexity index is 137. The van der Waals surface area contributed by atoms with Crippen LogP contribution in [0.1, 0.15) is 6.42 Å². The molecule has 0 aromatic carbocycles. The van der Waals surface area contributed by atoms with Gasteiger partial charge in [0.05, 0.1) is 51.8 Å². The Labute approximate surface area is 83.6 Å². The summed E-state index contributed by atoms with van der Waals surface area (Å²) in [5.41, 5.74) is 0. The largest absolute Gasteiger partial charge is 0.394 e. The minimum Gasteiger partial charge on any atom is -0.394 e. The molecular formula is C9H18O5. The van der Waals surface area contributed by atoms with Crippen LogP contribution >= 0.6 is 0 Å². The van der Waals surface area contributed by atoms with Gasteiger partial charge in [-0.05, 0) is 0 Å². The number of hydrogen-bond donors (Lipinski definition) is 2. The van der Waals surface area contributed by atoms with E-state index in [1.165, 1.54) is 0 Å². The van der Waals surface area contributed by atoms with Crippen LogP contribution in [0, 0.1) is 0 Å². The van der Waals surface area contributed by atoms with Crippen molar-refractivity contribution in [2.75, 3.05) is 39.6 Å². The van der Waals surface area contributed by atoms with Crippen molar-refractivity contribution in [1.29, 1.82) is 0 Å². The Kier molecular flexibility index (Phi) is 6.05. The second-order valence-electron chi connectivity index (χ2n) is 3.26. The average Bonchev–Trinajstić information content (AvgIpc) is 2.95. The van der Waals surface area contributed by atoms with E-state index in [2.05, 4.69) is 0 Å². The summed E-state index contributed by atoms with van der Waals surface area (Å²) < 4.78 is 15.1. The molecular weight excluding hydrogens is 188 g/mol. The topological polar surface area (TPSA) is 71.5 Å². The molecule has 2 unspecified atom stereocenters. The van der Waals surface area contributed by atoms with Gasteiger partial charge in [0, 0.05) is 6.42 Å². The standard InChI is InChI=1S/C9H18O5/c10-1-2-12-3-4-13-6-8(11)5-9-7-14-9/h8-11H,1-7H2. The van der Waals surface area contributed by atoms with E-state index >= 15 is 0 Å². The third-order valence-electron chi connectivity index (χ3n) is 1.86. The molecule has 1 heterocycles. The van der Waals surface area contributed by atoms with Gasteiger partial charge in [0.15, 0.2) is 0 Å². The first-order valence-corrected chi connectivity index (χ1v) is 4.89. The molecule has 1 fully saturated rings. The first kappa shape index (κ1) is 11.9. The summed E-state index contributed by atoms with van der Waals surface area (Å²) in [5, 5.41) is 17.8. The van der Waals surface area contributed by atoms with E-state index in [0.717, 1.165) is 6.61 Å². The molecule has 1 rings (SSSR count). The highest BCUT2D eigenvalue weighted by molar-refractivity contribution is 4.73. The predicted octanol–water partition coefficient (Wildman–Crippen LogP) is -0.838. The molecule has 5 nitrogen and oxygen atoms in total. The average molecular weight is 206 g/mol. The van der Waals surface area contributed by atoms with Gasteiger partial charge in [-0.2, -0.15) is 0 Å². The molecule has 14 heavy (non-hydrogen) atoms. The van der Waals surface area contributed by atoms with E-state index in [4.69, 9.17) is 19.3 Å². The van der Waals surface area contributed by atoms with Crippen LogP contribution in [0.2, 0.25) is 0 Å². The zero-order valence-electron chi connectivity index (χ0n) is 8.22. The second kappa shape index (κ2) is 7.14. The molecule has 1 aliphatic heterocycles. The molecule has 0 saturated carbocycles. The van der Waals surface area contributed by atoms with Gasteiger partial charge < -0.3 is 24.4 Å². The third-order valence-corrected chi connectivity index (χ3v) is 1.86. The summed E-state index contributed by atoms with van der Waals surface area (Å²) in [6, 6.07) is 0. The highest BCUT2D eigenvalue weighted by Crippen LogP contribution is 2.15. The molecule has 0 aromatic rings. The summed E-state index contributed by atoms with van der Waals surface area (Å²) in [5.74, 6) is 0. The van der Waals surface area contributed by atoms with E-state index in [1.807, 2.05) is 0 Å². The lowest BCUT2D eigenvalue weighted by atomic mass is 10.2. The molecule has 2 atom stereocenters. The molecule has 1 saturated heterocycles. The van der Waals surface area contributed by atoms with Crippen LogP contribution in [0.5, 0.6) is 0 Å². The van der Waals surface area contributed by atoms with Crippen molar-refractivity contribution in [2.45, 2.75) is 18.6 Å². The van der Waals surface area contributed by atoms with Crippen LogP contribution in [-0.4, -0.2) is 62.1 Å². The van der Waals surface area contributed by atoms with E-state index in [-0.39, 0.29) is 12.7 Å². The Morgan fingerprint density at radius 1 is 1.29 bits per heavy atom. The Morgan fingerprint density at radius 2 is 2.00 bits per heavy atom. The normalized spacial score (nSPS) is 22.3. The van der Waals surface area contributed by atoms with Gasteiger partial charge in [-0.3, -0.25) is 0 Å². The number of aliphatic hydroxyl groups excluding tert-OH is 2. The fourth-order valence-corrected chi connectivity index (χ4v) is 1.08. The fraction of sp³-hybridized carbons (Fsp3) is 1.00. The highest BCUT2D eigenvalue weighted by Gasteiger charge is 2.25. The molecule has 2 N–H and O–H groups in total. The lowest BCUT2D eigenvalue weighted by Crippen LogP contribution is -2.19. The third kappa shape index (κ3) is 6.28. The molecule has 84 valence electrons.